The SMILES string of the molecule is CCCCCCCc1ccc2c(oc(=O)c3cc(-c4ccc(CCC)cc4)ccc32)c1F. The summed E-state index contributed by atoms with van der Waals surface area (Å²) in [7, 11) is 0. The van der Waals surface area contributed by atoms with Gasteiger partial charge in [0, 0.05) is 10.8 Å². The third kappa shape index (κ3) is 4.62. The third-order valence-corrected chi connectivity index (χ3v) is 6.28. The van der Waals surface area contributed by atoms with Crippen molar-refractivity contribution in [2.75, 3.05) is 0 Å². The molecule has 0 unspecified atom stereocenters. The Kier molecular flexibility index (Phi) is 7.04. The average Bonchev–Trinajstić information content (AvgIpc) is 2.81. The number of fused-ring (bicyclic) bond motifs is 3. The molecule has 1 heterocycles. The third-order valence-electron chi connectivity index (χ3n) is 6.28. The Bertz CT molecular complexity index is 1270. The Morgan fingerprint density at radius 1 is 0.719 bits per heavy atom. The average molecular weight is 431 g/mol. The molecule has 0 aliphatic heterocycles. The molecular formula is C29H31FO2. The normalized spacial score (nSPS) is 11.5. The Labute approximate surface area is 189 Å². The summed E-state index contributed by atoms with van der Waals surface area (Å²) in [5.74, 6) is -0.396. The quantitative estimate of drug-likeness (QED) is 0.152. The minimum atomic E-state index is -0.490. The van der Waals surface area contributed by atoms with Crippen LogP contribution < -0.4 is 5.63 Å². The van der Waals surface area contributed by atoms with Gasteiger partial charge in [-0.3, -0.25) is 0 Å². The maximum absolute atomic E-state index is 15.2. The molecule has 0 fully saturated rings. The second kappa shape index (κ2) is 10.1. The van der Waals surface area contributed by atoms with Gasteiger partial charge in [-0.05, 0) is 47.6 Å². The van der Waals surface area contributed by atoms with E-state index in [2.05, 4.69) is 38.1 Å². The maximum atomic E-state index is 15.2. The van der Waals surface area contributed by atoms with Crippen LogP contribution in [-0.2, 0) is 12.8 Å². The molecule has 1 aromatic heterocycles. The second-order valence-electron chi connectivity index (χ2n) is 8.68. The van der Waals surface area contributed by atoms with Crippen LogP contribution in [0.5, 0.6) is 0 Å². The molecule has 0 radical (unpaired) electrons. The van der Waals surface area contributed by atoms with Gasteiger partial charge in [0.15, 0.2) is 11.4 Å². The van der Waals surface area contributed by atoms with E-state index in [1.54, 1.807) is 0 Å². The van der Waals surface area contributed by atoms with Crippen molar-refractivity contribution in [1.29, 1.82) is 0 Å². The Hall–Kier alpha value is -2.94. The molecule has 2 nitrogen and oxygen atoms in total. The summed E-state index contributed by atoms with van der Waals surface area (Å²) in [6.07, 6.45) is 8.45. The molecule has 3 aromatic carbocycles. The van der Waals surface area contributed by atoms with Crippen LogP contribution in [0.4, 0.5) is 4.39 Å². The minimum absolute atomic E-state index is 0.0743. The lowest BCUT2D eigenvalue weighted by molar-refractivity contribution is 0.521. The summed E-state index contributed by atoms with van der Waals surface area (Å²) in [6.45, 7) is 4.35. The van der Waals surface area contributed by atoms with Crippen molar-refractivity contribution < 1.29 is 8.81 Å². The van der Waals surface area contributed by atoms with E-state index in [-0.39, 0.29) is 5.58 Å². The van der Waals surface area contributed by atoms with E-state index in [0.717, 1.165) is 42.2 Å². The van der Waals surface area contributed by atoms with E-state index in [1.165, 1.54) is 24.8 Å². The molecule has 0 saturated carbocycles. The smallest absolute Gasteiger partial charge is 0.344 e. The van der Waals surface area contributed by atoms with Gasteiger partial charge in [-0.1, -0.05) is 94.5 Å². The van der Waals surface area contributed by atoms with Crippen molar-refractivity contribution >= 4 is 21.7 Å². The van der Waals surface area contributed by atoms with E-state index in [1.807, 2.05) is 30.3 Å². The lowest BCUT2D eigenvalue weighted by Crippen LogP contribution is -2.03. The summed E-state index contributed by atoms with van der Waals surface area (Å²) >= 11 is 0. The largest absolute Gasteiger partial charge is 0.419 e. The van der Waals surface area contributed by atoms with Gasteiger partial charge in [0.1, 0.15) is 0 Å². The molecule has 0 bridgehead atoms. The number of rotatable bonds is 9. The van der Waals surface area contributed by atoms with Crippen LogP contribution in [0.25, 0.3) is 32.9 Å². The monoisotopic (exact) mass is 430 g/mol. The van der Waals surface area contributed by atoms with Crippen molar-refractivity contribution in [2.45, 2.75) is 65.2 Å². The van der Waals surface area contributed by atoms with Crippen LogP contribution in [0.3, 0.4) is 0 Å². The summed E-state index contributed by atoms with van der Waals surface area (Å²) in [6, 6.07) is 17.9. The first-order valence-corrected chi connectivity index (χ1v) is 11.9. The molecule has 0 saturated heterocycles. The number of unbranched alkanes of at least 4 members (excludes halogenated alkanes) is 4. The van der Waals surface area contributed by atoms with Crippen LogP contribution in [0, 0.1) is 5.82 Å². The molecule has 0 spiro atoms. The van der Waals surface area contributed by atoms with Crippen molar-refractivity contribution in [1.82, 2.24) is 0 Å². The zero-order valence-corrected chi connectivity index (χ0v) is 19.0. The fourth-order valence-corrected chi connectivity index (χ4v) is 4.45. The van der Waals surface area contributed by atoms with Gasteiger partial charge >= 0.3 is 5.63 Å². The standard InChI is InChI=1S/C29H31FO2/c1-3-5-6-7-8-10-22-15-18-25-24-17-16-23(21-13-11-20(9-4-2)12-14-21)19-26(24)29(31)32-28(25)27(22)30/h11-19H,3-10H2,1-2H3. The molecule has 4 rings (SSSR count). The number of hydrogen-bond acceptors (Lipinski definition) is 2. The van der Waals surface area contributed by atoms with Crippen molar-refractivity contribution in [3.05, 3.63) is 82.0 Å². The van der Waals surface area contributed by atoms with Gasteiger partial charge in [0.2, 0.25) is 0 Å². The fraction of sp³-hybridized carbons (Fsp3) is 0.345. The van der Waals surface area contributed by atoms with Crippen LogP contribution in [0.1, 0.15) is 63.5 Å². The minimum Gasteiger partial charge on any atom is -0.419 e. The predicted molar refractivity (Wildman–Crippen MR) is 132 cm³/mol. The number of halogens is 1. The molecule has 32 heavy (non-hydrogen) atoms. The van der Waals surface area contributed by atoms with Gasteiger partial charge in [-0.2, -0.15) is 0 Å². The maximum Gasteiger partial charge on any atom is 0.344 e. The Morgan fingerprint density at radius 2 is 1.44 bits per heavy atom. The lowest BCUT2D eigenvalue weighted by atomic mass is 9.97. The fourth-order valence-electron chi connectivity index (χ4n) is 4.45. The van der Waals surface area contributed by atoms with Crippen LogP contribution in [-0.4, -0.2) is 0 Å². The molecule has 0 N–H and O–H groups in total. The van der Waals surface area contributed by atoms with E-state index in [0.29, 0.717) is 22.8 Å². The zero-order valence-electron chi connectivity index (χ0n) is 19.0. The first-order valence-electron chi connectivity index (χ1n) is 11.9. The highest BCUT2D eigenvalue weighted by Crippen LogP contribution is 2.30. The van der Waals surface area contributed by atoms with Gasteiger partial charge in [-0.25, -0.2) is 9.18 Å². The molecule has 3 heteroatoms. The molecule has 0 amide bonds. The number of aryl methyl sites for hydroxylation is 2. The highest BCUT2D eigenvalue weighted by Gasteiger charge is 2.15. The van der Waals surface area contributed by atoms with E-state index in [9.17, 15) is 4.79 Å². The zero-order chi connectivity index (χ0) is 22.5. The molecule has 0 aliphatic carbocycles. The first kappa shape index (κ1) is 22.3. The van der Waals surface area contributed by atoms with E-state index in [4.69, 9.17) is 4.42 Å². The van der Waals surface area contributed by atoms with Crippen molar-refractivity contribution in [2.24, 2.45) is 0 Å². The van der Waals surface area contributed by atoms with Crippen LogP contribution in [0.15, 0.2) is 63.8 Å². The second-order valence-corrected chi connectivity index (χ2v) is 8.68. The lowest BCUT2D eigenvalue weighted by Gasteiger charge is -2.09. The highest BCUT2D eigenvalue weighted by atomic mass is 19.1. The summed E-state index contributed by atoms with van der Waals surface area (Å²) < 4.78 is 20.7. The van der Waals surface area contributed by atoms with Crippen molar-refractivity contribution in [3.8, 4) is 11.1 Å². The highest BCUT2D eigenvalue weighted by molar-refractivity contribution is 6.05. The number of benzene rings is 3. The molecule has 166 valence electrons. The van der Waals surface area contributed by atoms with E-state index < -0.39 is 11.4 Å². The van der Waals surface area contributed by atoms with Crippen LogP contribution in [0.2, 0.25) is 0 Å². The van der Waals surface area contributed by atoms with E-state index >= 15 is 4.39 Å². The topological polar surface area (TPSA) is 30.2 Å². The Balaban J connectivity index is 1.67. The van der Waals surface area contributed by atoms with Gasteiger partial charge in [-0.15, -0.1) is 0 Å². The van der Waals surface area contributed by atoms with Crippen molar-refractivity contribution in [3.63, 3.8) is 0 Å². The first-order chi connectivity index (χ1) is 15.6. The van der Waals surface area contributed by atoms with Gasteiger partial charge in [0.05, 0.1) is 5.39 Å². The summed E-state index contributed by atoms with van der Waals surface area (Å²) in [4.78, 5) is 12.8. The molecule has 0 atom stereocenters. The summed E-state index contributed by atoms with van der Waals surface area (Å²) in [5.41, 5.74) is 3.52. The van der Waals surface area contributed by atoms with Gasteiger partial charge in [0.25, 0.3) is 0 Å². The molecular weight excluding hydrogens is 399 g/mol. The predicted octanol–water partition coefficient (Wildman–Crippen LogP) is 8.22. The Morgan fingerprint density at radius 3 is 2.19 bits per heavy atom. The van der Waals surface area contributed by atoms with Crippen LogP contribution >= 0.6 is 0 Å². The number of hydrogen-bond donors (Lipinski definition) is 0. The van der Waals surface area contributed by atoms with Gasteiger partial charge < -0.3 is 4.42 Å². The molecule has 0 aliphatic rings. The summed E-state index contributed by atoms with van der Waals surface area (Å²) in [5, 5.41) is 1.87. The molecule has 4 aromatic rings.